The van der Waals surface area contributed by atoms with Crippen LogP contribution in [-0.4, -0.2) is 17.0 Å². The Bertz CT molecular complexity index is 179. The predicted molar refractivity (Wildman–Crippen MR) is 66.7 cm³/mol. The second-order valence-electron chi connectivity index (χ2n) is 5.44. The minimum Gasteiger partial charge on any atom is -0.326 e. The molecule has 0 radical (unpaired) electrons. The average molecular weight is 215 g/mol. The second kappa shape index (κ2) is 4.89. The van der Waals surface area contributed by atoms with E-state index in [2.05, 4.69) is 39.5 Å². The van der Waals surface area contributed by atoms with Gasteiger partial charge in [-0.1, -0.05) is 34.1 Å². The van der Waals surface area contributed by atoms with Crippen molar-refractivity contribution < 1.29 is 0 Å². The van der Waals surface area contributed by atoms with Crippen molar-refractivity contribution in [2.75, 3.05) is 5.75 Å². The van der Waals surface area contributed by atoms with Crippen molar-refractivity contribution in [1.82, 2.24) is 0 Å². The average Bonchev–Trinajstić information content (AvgIpc) is 2.40. The molecular formula is C12H25NS. The molecule has 0 spiro atoms. The molecule has 1 aliphatic rings. The fraction of sp³-hybridized carbons (Fsp3) is 1.00. The van der Waals surface area contributed by atoms with Gasteiger partial charge in [0.2, 0.25) is 0 Å². The van der Waals surface area contributed by atoms with E-state index >= 15 is 0 Å². The van der Waals surface area contributed by atoms with Gasteiger partial charge in [0.15, 0.2) is 0 Å². The Hall–Kier alpha value is 0.310. The van der Waals surface area contributed by atoms with Gasteiger partial charge in [-0.15, -0.1) is 0 Å². The second-order valence-corrected chi connectivity index (χ2v) is 6.71. The summed E-state index contributed by atoms with van der Waals surface area (Å²) in [6.45, 7) is 9.21. The van der Waals surface area contributed by atoms with Crippen LogP contribution in [-0.2, 0) is 0 Å². The van der Waals surface area contributed by atoms with Crippen LogP contribution < -0.4 is 5.73 Å². The molecule has 1 aliphatic carbocycles. The monoisotopic (exact) mass is 215 g/mol. The van der Waals surface area contributed by atoms with Crippen molar-refractivity contribution in [3.8, 4) is 0 Å². The molecule has 0 aliphatic heterocycles. The lowest BCUT2D eigenvalue weighted by molar-refractivity contribution is 0.334. The van der Waals surface area contributed by atoms with Gasteiger partial charge in [0.25, 0.3) is 0 Å². The molecule has 0 heterocycles. The molecule has 1 nitrogen and oxygen atoms in total. The zero-order valence-corrected chi connectivity index (χ0v) is 10.9. The largest absolute Gasteiger partial charge is 0.326 e. The van der Waals surface area contributed by atoms with Crippen LogP contribution in [0, 0.1) is 11.3 Å². The van der Waals surface area contributed by atoms with E-state index in [0.717, 1.165) is 5.92 Å². The van der Waals surface area contributed by atoms with E-state index in [-0.39, 0.29) is 0 Å². The van der Waals surface area contributed by atoms with Crippen molar-refractivity contribution in [1.29, 1.82) is 0 Å². The maximum Gasteiger partial charge on any atom is 0.0211 e. The lowest BCUT2D eigenvalue weighted by Gasteiger charge is -2.27. The summed E-state index contributed by atoms with van der Waals surface area (Å²) in [4.78, 5) is 0. The van der Waals surface area contributed by atoms with E-state index < -0.39 is 0 Å². The van der Waals surface area contributed by atoms with E-state index in [0.29, 0.717) is 16.7 Å². The Kier molecular flexibility index (Phi) is 4.32. The van der Waals surface area contributed by atoms with E-state index in [9.17, 15) is 0 Å². The molecule has 14 heavy (non-hydrogen) atoms. The smallest absolute Gasteiger partial charge is 0.0211 e. The molecule has 0 aromatic rings. The molecule has 3 unspecified atom stereocenters. The van der Waals surface area contributed by atoms with E-state index in [1.54, 1.807) is 0 Å². The molecule has 2 N–H and O–H groups in total. The zero-order valence-electron chi connectivity index (χ0n) is 10.0. The minimum atomic E-state index is 0.368. The van der Waals surface area contributed by atoms with E-state index in [1.165, 1.54) is 25.0 Å². The highest BCUT2D eigenvalue weighted by atomic mass is 32.2. The van der Waals surface area contributed by atoms with Gasteiger partial charge >= 0.3 is 0 Å². The summed E-state index contributed by atoms with van der Waals surface area (Å²) in [5, 5.41) is 0.707. The van der Waals surface area contributed by atoms with Crippen molar-refractivity contribution in [2.45, 2.75) is 58.2 Å². The van der Waals surface area contributed by atoms with E-state index in [1.807, 2.05) is 0 Å². The number of rotatable bonds is 4. The molecule has 1 fully saturated rings. The molecule has 1 rings (SSSR count). The van der Waals surface area contributed by atoms with E-state index in [4.69, 9.17) is 5.73 Å². The third-order valence-corrected chi connectivity index (χ3v) is 5.39. The van der Waals surface area contributed by atoms with Crippen LogP contribution in [0.5, 0.6) is 0 Å². The van der Waals surface area contributed by atoms with Crippen LogP contribution >= 0.6 is 11.8 Å². The molecule has 0 amide bonds. The lowest BCUT2D eigenvalue weighted by Crippen LogP contribution is -2.38. The summed E-state index contributed by atoms with van der Waals surface area (Å²) in [7, 11) is 0. The molecule has 0 saturated heterocycles. The van der Waals surface area contributed by atoms with Gasteiger partial charge in [-0.05, 0) is 29.9 Å². The topological polar surface area (TPSA) is 26.0 Å². The summed E-state index contributed by atoms with van der Waals surface area (Å²) in [6, 6.07) is 0.400. The Morgan fingerprint density at radius 1 is 1.50 bits per heavy atom. The Morgan fingerprint density at radius 3 is 2.57 bits per heavy atom. The van der Waals surface area contributed by atoms with Gasteiger partial charge in [0, 0.05) is 11.3 Å². The fourth-order valence-electron chi connectivity index (χ4n) is 1.96. The highest BCUT2D eigenvalue weighted by Gasteiger charge is 2.39. The first-order valence-corrected chi connectivity index (χ1v) is 6.89. The molecule has 1 saturated carbocycles. The number of hydrogen-bond acceptors (Lipinski definition) is 2. The number of hydrogen-bond donors (Lipinski definition) is 1. The van der Waals surface area contributed by atoms with Crippen LogP contribution in [0.25, 0.3) is 0 Å². The number of nitrogens with two attached hydrogens (primary N) is 1. The molecule has 2 heteroatoms. The standard InChI is InChI=1S/C12H25NS/c1-5-9(2)8-14-10-6-7-12(3,4)11(10)13/h9-11H,5-8,13H2,1-4H3. The van der Waals surface area contributed by atoms with Gasteiger partial charge in [-0.25, -0.2) is 0 Å². The van der Waals surface area contributed by atoms with Crippen LogP contribution in [0.15, 0.2) is 0 Å². The quantitative estimate of drug-likeness (QED) is 0.779. The van der Waals surface area contributed by atoms with Gasteiger partial charge < -0.3 is 5.73 Å². The summed E-state index contributed by atoms with van der Waals surface area (Å²) in [5.74, 6) is 2.13. The molecule has 0 aromatic heterocycles. The first kappa shape index (κ1) is 12.4. The molecule has 0 bridgehead atoms. The molecular weight excluding hydrogens is 190 g/mol. The zero-order chi connectivity index (χ0) is 10.8. The Balaban J connectivity index is 2.34. The highest BCUT2D eigenvalue weighted by molar-refractivity contribution is 7.99. The normalized spacial score (nSPS) is 33.2. The third-order valence-electron chi connectivity index (χ3n) is 3.67. The summed E-state index contributed by atoms with van der Waals surface area (Å²) in [6.07, 6.45) is 3.90. The van der Waals surface area contributed by atoms with Gasteiger partial charge in [-0.3, -0.25) is 0 Å². The van der Waals surface area contributed by atoms with Crippen LogP contribution in [0.2, 0.25) is 0 Å². The van der Waals surface area contributed by atoms with Crippen molar-refractivity contribution in [3.05, 3.63) is 0 Å². The van der Waals surface area contributed by atoms with Crippen molar-refractivity contribution in [3.63, 3.8) is 0 Å². The van der Waals surface area contributed by atoms with Crippen LogP contribution in [0.3, 0.4) is 0 Å². The lowest BCUT2D eigenvalue weighted by atomic mass is 9.88. The van der Waals surface area contributed by atoms with Gasteiger partial charge in [0.05, 0.1) is 0 Å². The third kappa shape index (κ3) is 2.90. The summed E-state index contributed by atoms with van der Waals surface area (Å²) in [5.41, 5.74) is 6.63. The molecule has 3 atom stereocenters. The summed E-state index contributed by atoms with van der Waals surface area (Å²) >= 11 is 2.10. The van der Waals surface area contributed by atoms with Crippen molar-refractivity contribution >= 4 is 11.8 Å². The maximum absolute atomic E-state index is 6.26. The highest BCUT2D eigenvalue weighted by Crippen LogP contribution is 2.42. The van der Waals surface area contributed by atoms with Crippen LogP contribution in [0.1, 0.15) is 47.0 Å². The minimum absolute atomic E-state index is 0.368. The molecule has 0 aromatic carbocycles. The predicted octanol–water partition coefficient (Wildman–Crippen LogP) is 3.28. The SMILES string of the molecule is CCC(C)CSC1CCC(C)(C)C1N. The number of thioether (sulfide) groups is 1. The summed E-state index contributed by atoms with van der Waals surface area (Å²) < 4.78 is 0. The fourth-order valence-corrected chi connectivity index (χ4v) is 3.63. The molecule has 84 valence electrons. The Labute approximate surface area is 93.2 Å². The maximum atomic E-state index is 6.26. The Morgan fingerprint density at radius 2 is 2.14 bits per heavy atom. The van der Waals surface area contributed by atoms with Gasteiger partial charge in [-0.2, -0.15) is 11.8 Å². The first-order chi connectivity index (χ1) is 6.47. The first-order valence-electron chi connectivity index (χ1n) is 5.84. The van der Waals surface area contributed by atoms with Gasteiger partial charge in [0.1, 0.15) is 0 Å². The van der Waals surface area contributed by atoms with Crippen LogP contribution in [0.4, 0.5) is 0 Å². The van der Waals surface area contributed by atoms with Crippen molar-refractivity contribution in [2.24, 2.45) is 17.1 Å².